The Morgan fingerprint density at radius 1 is 1.75 bits per heavy atom. The van der Waals surface area contributed by atoms with Crippen LogP contribution in [0.3, 0.4) is 0 Å². The zero-order chi connectivity index (χ0) is 6.15. The minimum absolute atomic E-state index is 0.287. The van der Waals surface area contributed by atoms with E-state index >= 15 is 0 Å². The van der Waals surface area contributed by atoms with Gasteiger partial charge in [0.2, 0.25) is 0 Å². The van der Waals surface area contributed by atoms with Crippen LogP contribution in [0.5, 0.6) is 0 Å². The SMILES string of the molecule is CC1=CC(=O)C[C@H]1C. The minimum atomic E-state index is 0.287. The maximum Gasteiger partial charge on any atom is 0.156 e. The summed E-state index contributed by atoms with van der Waals surface area (Å²) in [6.45, 7) is 4.09. The summed E-state index contributed by atoms with van der Waals surface area (Å²) in [4.78, 5) is 10.6. The van der Waals surface area contributed by atoms with Crippen LogP contribution in [0, 0.1) is 5.92 Å². The number of rotatable bonds is 0. The smallest absolute Gasteiger partial charge is 0.156 e. The van der Waals surface area contributed by atoms with E-state index in [1.54, 1.807) is 6.08 Å². The van der Waals surface area contributed by atoms with Crippen molar-refractivity contribution < 1.29 is 4.79 Å². The molecule has 0 aliphatic heterocycles. The van der Waals surface area contributed by atoms with Gasteiger partial charge in [-0.15, -0.1) is 0 Å². The molecule has 0 radical (unpaired) electrons. The van der Waals surface area contributed by atoms with Crippen LogP contribution in [0.15, 0.2) is 11.6 Å². The lowest BCUT2D eigenvalue weighted by atomic mass is 10.1. The van der Waals surface area contributed by atoms with Crippen molar-refractivity contribution in [3.8, 4) is 0 Å². The van der Waals surface area contributed by atoms with Gasteiger partial charge in [0.25, 0.3) is 0 Å². The van der Waals surface area contributed by atoms with Gasteiger partial charge in [0.15, 0.2) is 5.78 Å². The highest BCUT2D eigenvalue weighted by Gasteiger charge is 2.15. The molecule has 1 rings (SSSR count). The highest BCUT2D eigenvalue weighted by Crippen LogP contribution is 2.20. The maximum absolute atomic E-state index is 10.6. The van der Waals surface area contributed by atoms with Gasteiger partial charge in [-0.05, 0) is 18.9 Å². The lowest BCUT2D eigenvalue weighted by molar-refractivity contribution is -0.114. The van der Waals surface area contributed by atoms with Crippen LogP contribution in [0.25, 0.3) is 0 Å². The van der Waals surface area contributed by atoms with Crippen molar-refractivity contribution in [2.24, 2.45) is 5.92 Å². The molecule has 0 aromatic heterocycles. The van der Waals surface area contributed by atoms with E-state index < -0.39 is 0 Å². The van der Waals surface area contributed by atoms with Crippen molar-refractivity contribution in [2.45, 2.75) is 20.3 Å². The molecule has 44 valence electrons. The number of ketones is 1. The fourth-order valence-electron chi connectivity index (χ4n) is 0.918. The molecular weight excluding hydrogens is 100 g/mol. The van der Waals surface area contributed by atoms with Crippen LogP contribution in [0.1, 0.15) is 20.3 Å². The molecule has 0 saturated heterocycles. The van der Waals surface area contributed by atoms with Crippen molar-refractivity contribution in [1.29, 1.82) is 0 Å². The molecule has 1 aliphatic carbocycles. The fourth-order valence-corrected chi connectivity index (χ4v) is 0.918. The third-order valence-corrected chi connectivity index (χ3v) is 1.67. The van der Waals surface area contributed by atoms with Crippen molar-refractivity contribution in [3.63, 3.8) is 0 Å². The summed E-state index contributed by atoms with van der Waals surface area (Å²) in [5, 5.41) is 0. The Balaban J connectivity index is 2.73. The first-order valence-electron chi connectivity index (χ1n) is 2.91. The first kappa shape index (κ1) is 5.54. The van der Waals surface area contributed by atoms with Gasteiger partial charge in [-0.2, -0.15) is 0 Å². The van der Waals surface area contributed by atoms with Crippen molar-refractivity contribution in [3.05, 3.63) is 11.6 Å². The Bertz CT molecular complexity index is 144. The van der Waals surface area contributed by atoms with E-state index in [4.69, 9.17) is 0 Å². The Morgan fingerprint density at radius 3 is 2.50 bits per heavy atom. The first-order chi connectivity index (χ1) is 3.70. The van der Waals surface area contributed by atoms with Gasteiger partial charge in [-0.25, -0.2) is 0 Å². The van der Waals surface area contributed by atoms with Crippen LogP contribution in [-0.4, -0.2) is 5.78 Å². The molecule has 1 aliphatic rings. The second-order valence-corrected chi connectivity index (χ2v) is 2.46. The molecule has 0 unspecified atom stereocenters. The average Bonchev–Trinajstić information content (AvgIpc) is 1.85. The van der Waals surface area contributed by atoms with E-state index in [2.05, 4.69) is 6.92 Å². The predicted molar refractivity (Wildman–Crippen MR) is 32.5 cm³/mol. The van der Waals surface area contributed by atoms with E-state index in [-0.39, 0.29) is 5.78 Å². The van der Waals surface area contributed by atoms with E-state index in [9.17, 15) is 4.79 Å². The van der Waals surface area contributed by atoms with Gasteiger partial charge in [0.05, 0.1) is 0 Å². The van der Waals surface area contributed by atoms with Crippen LogP contribution in [0.4, 0.5) is 0 Å². The van der Waals surface area contributed by atoms with Crippen LogP contribution >= 0.6 is 0 Å². The van der Waals surface area contributed by atoms with Gasteiger partial charge in [0, 0.05) is 6.42 Å². The number of hydrogen-bond acceptors (Lipinski definition) is 1. The van der Waals surface area contributed by atoms with Crippen LogP contribution in [-0.2, 0) is 4.79 Å². The Labute approximate surface area is 49.4 Å². The molecule has 0 spiro atoms. The lowest BCUT2D eigenvalue weighted by Gasteiger charge is -1.97. The third-order valence-electron chi connectivity index (χ3n) is 1.67. The van der Waals surface area contributed by atoms with Crippen LogP contribution in [0.2, 0.25) is 0 Å². The summed E-state index contributed by atoms with van der Waals surface area (Å²) in [5.74, 6) is 0.789. The maximum atomic E-state index is 10.6. The summed E-state index contributed by atoms with van der Waals surface area (Å²) in [6, 6.07) is 0. The quantitative estimate of drug-likeness (QED) is 0.462. The molecule has 0 heterocycles. The Kier molecular flexibility index (Phi) is 1.20. The van der Waals surface area contributed by atoms with Crippen molar-refractivity contribution in [2.75, 3.05) is 0 Å². The number of allylic oxidation sites excluding steroid dienone is 2. The molecule has 0 bridgehead atoms. The monoisotopic (exact) mass is 110 g/mol. The Hall–Kier alpha value is -0.590. The normalized spacial score (nSPS) is 28.5. The molecule has 0 N–H and O–H groups in total. The molecule has 0 saturated carbocycles. The van der Waals surface area contributed by atoms with Gasteiger partial charge < -0.3 is 0 Å². The average molecular weight is 110 g/mol. The summed E-state index contributed by atoms with van der Waals surface area (Å²) < 4.78 is 0. The largest absolute Gasteiger partial charge is 0.295 e. The van der Waals surface area contributed by atoms with Crippen LogP contribution < -0.4 is 0 Å². The summed E-state index contributed by atoms with van der Waals surface area (Å²) in [7, 11) is 0. The van der Waals surface area contributed by atoms with E-state index in [0.29, 0.717) is 5.92 Å². The summed E-state index contributed by atoms with van der Waals surface area (Å²) in [6.07, 6.45) is 2.47. The fraction of sp³-hybridized carbons (Fsp3) is 0.571. The summed E-state index contributed by atoms with van der Waals surface area (Å²) >= 11 is 0. The van der Waals surface area contributed by atoms with Gasteiger partial charge in [-0.3, -0.25) is 4.79 Å². The third kappa shape index (κ3) is 0.808. The van der Waals surface area contributed by atoms with Gasteiger partial charge in [0.1, 0.15) is 0 Å². The van der Waals surface area contributed by atoms with E-state index in [1.807, 2.05) is 6.92 Å². The molecule has 0 aromatic rings. The zero-order valence-corrected chi connectivity index (χ0v) is 5.27. The molecule has 8 heavy (non-hydrogen) atoms. The molecular formula is C7H10O. The summed E-state index contributed by atoms with van der Waals surface area (Å²) in [5.41, 5.74) is 1.23. The van der Waals surface area contributed by atoms with E-state index in [0.717, 1.165) is 6.42 Å². The predicted octanol–water partition coefficient (Wildman–Crippen LogP) is 1.54. The second-order valence-electron chi connectivity index (χ2n) is 2.46. The standard InChI is InChI=1S/C7H10O/c1-5-3-7(8)4-6(5)2/h3,6H,4H2,1-2H3/t6-/m1/s1. The number of carbonyl (C=O) groups excluding carboxylic acids is 1. The zero-order valence-electron chi connectivity index (χ0n) is 5.27. The molecule has 1 nitrogen and oxygen atoms in total. The van der Waals surface area contributed by atoms with E-state index in [1.165, 1.54) is 5.57 Å². The van der Waals surface area contributed by atoms with Crippen molar-refractivity contribution in [1.82, 2.24) is 0 Å². The Morgan fingerprint density at radius 2 is 2.38 bits per heavy atom. The molecule has 0 fully saturated rings. The highest BCUT2D eigenvalue weighted by atomic mass is 16.1. The molecule has 1 heteroatoms. The van der Waals surface area contributed by atoms with Crippen molar-refractivity contribution >= 4 is 5.78 Å². The van der Waals surface area contributed by atoms with Gasteiger partial charge in [-0.1, -0.05) is 12.5 Å². The lowest BCUT2D eigenvalue weighted by Crippen LogP contribution is -1.91. The number of hydrogen-bond donors (Lipinski definition) is 0. The highest BCUT2D eigenvalue weighted by molar-refractivity contribution is 5.93. The second kappa shape index (κ2) is 1.73. The first-order valence-corrected chi connectivity index (χ1v) is 2.91. The van der Waals surface area contributed by atoms with Gasteiger partial charge >= 0.3 is 0 Å². The molecule has 0 amide bonds. The molecule has 0 aromatic carbocycles. The number of carbonyl (C=O) groups is 1. The minimum Gasteiger partial charge on any atom is -0.295 e. The topological polar surface area (TPSA) is 17.1 Å². The molecule has 1 atom stereocenters.